The van der Waals surface area contributed by atoms with Crippen molar-refractivity contribution in [3.63, 3.8) is 0 Å². The molecule has 4 atom stereocenters. The number of unbranched alkanes of at least 4 members (excludes halogenated alkanes) is 1. The van der Waals surface area contributed by atoms with Gasteiger partial charge in [0.15, 0.2) is 0 Å². The Bertz CT molecular complexity index is 938. The first-order valence-corrected chi connectivity index (χ1v) is 15.1. The van der Waals surface area contributed by atoms with Crippen LogP contribution in [-0.4, -0.2) is 62.5 Å². The molecule has 36 heavy (non-hydrogen) atoms. The van der Waals surface area contributed by atoms with Gasteiger partial charge in [0.25, 0.3) is 5.91 Å². The summed E-state index contributed by atoms with van der Waals surface area (Å²) in [7, 11) is 0.652. The van der Waals surface area contributed by atoms with Crippen molar-refractivity contribution in [1.29, 1.82) is 0 Å². The molecule has 0 aliphatic carbocycles. The number of carbonyl (C=O) groups excluding carboxylic acids is 4. The molecule has 1 aliphatic rings. The van der Waals surface area contributed by atoms with Crippen LogP contribution in [0.25, 0.3) is 0 Å². The van der Waals surface area contributed by atoms with Crippen molar-refractivity contribution in [3.05, 3.63) is 29.8 Å². The quantitative estimate of drug-likeness (QED) is 0.161. The van der Waals surface area contributed by atoms with Gasteiger partial charge in [-0.25, -0.2) is 4.21 Å². The lowest BCUT2D eigenvalue weighted by molar-refractivity contribution is -0.140. The second kappa shape index (κ2) is 15.0. The van der Waals surface area contributed by atoms with Crippen LogP contribution in [0, 0.1) is 5.92 Å². The monoisotopic (exact) mass is 539 g/mol. The minimum atomic E-state index is -1.13. The first-order valence-electron chi connectivity index (χ1n) is 12.4. The predicted octanol–water partition coefficient (Wildman–Crippen LogP) is 2.00. The average molecular weight is 540 g/mol. The maximum absolute atomic E-state index is 13.1. The standard InChI is InChI=1S/C25H37N3O6S2/c1-4-26-25(33)23(31)20(15-17-9-11-18(29)12-10-17)27-24(32)22(16(2)3)28-21(30)8-6-5-7-19-13-14-35-36(19)34/h9-12,16,19-20,22,29H,4-8,13-15H2,1-3H3,(H,26,33)(H,27,32)(H,28,30)/t19?,20-,22-,36?/m0/s1. The van der Waals surface area contributed by atoms with Gasteiger partial charge < -0.3 is 21.1 Å². The number of phenolic OH excluding ortho intramolecular Hbond substituents is 1. The highest BCUT2D eigenvalue weighted by atomic mass is 33.1. The highest BCUT2D eigenvalue weighted by Gasteiger charge is 2.31. The maximum Gasteiger partial charge on any atom is 0.289 e. The molecule has 0 radical (unpaired) electrons. The third-order valence-corrected chi connectivity index (χ3v) is 9.59. The van der Waals surface area contributed by atoms with Crippen LogP contribution in [0.1, 0.15) is 58.4 Å². The molecule has 0 aromatic heterocycles. The molecule has 1 heterocycles. The highest BCUT2D eigenvalue weighted by Crippen LogP contribution is 2.29. The summed E-state index contributed by atoms with van der Waals surface area (Å²) in [6.45, 7) is 5.54. The smallest absolute Gasteiger partial charge is 0.289 e. The number of carbonyl (C=O) groups is 4. The van der Waals surface area contributed by atoms with E-state index in [1.54, 1.807) is 32.9 Å². The first-order chi connectivity index (χ1) is 17.1. The Morgan fingerprint density at radius 3 is 2.39 bits per heavy atom. The summed E-state index contributed by atoms with van der Waals surface area (Å²) in [5, 5.41) is 17.6. The summed E-state index contributed by atoms with van der Waals surface area (Å²) in [5.74, 6) is -1.66. The number of ketones is 1. The lowest BCUT2D eigenvalue weighted by Gasteiger charge is -2.25. The Morgan fingerprint density at radius 1 is 1.11 bits per heavy atom. The van der Waals surface area contributed by atoms with Gasteiger partial charge in [-0.2, -0.15) is 0 Å². The van der Waals surface area contributed by atoms with Crippen LogP contribution in [0.3, 0.4) is 0 Å². The summed E-state index contributed by atoms with van der Waals surface area (Å²) >= 11 is 0. The van der Waals surface area contributed by atoms with Crippen molar-refractivity contribution in [2.24, 2.45) is 5.92 Å². The molecule has 3 amide bonds. The summed E-state index contributed by atoms with van der Waals surface area (Å²) in [6.07, 6.45) is 3.50. The molecule has 11 heteroatoms. The van der Waals surface area contributed by atoms with E-state index >= 15 is 0 Å². The number of aromatic hydroxyl groups is 1. The molecule has 2 unspecified atom stereocenters. The Balaban J connectivity index is 1.98. The Kier molecular flexibility index (Phi) is 12.4. The van der Waals surface area contributed by atoms with E-state index in [1.807, 2.05) is 0 Å². The molecule has 1 fully saturated rings. The SMILES string of the molecule is CCNC(=O)C(=O)[C@H](Cc1ccc(O)cc1)NC(=O)[C@@H](NC(=O)CCCCC1CCSS1=O)C(C)C. The van der Waals surface area contributed by atoms with Crippen molar-refractivity contribution >= 4 is 44.1 Å². The van der Waals surface area contributed by atoms with Crippen molar-refractivity contribution < 1.29 is 28.5 Å². The molecule has 4 N–H and O–H groups in total. The van der Waals surface area contributed by atoms with Gasteiger partial charge in [0.2, 0.25) is 17.6 Å². The molecular formula is C25H37N3O6S2. The fourth-order valence-corrected chi connectivity index (χ4v) is 7.37. The van der Waals surface area contributed by atoms with Crippen molar-refractivity contribution in [2.45, 2.75) is 76.6 Å². The van der Waals surface area contributed by atoms with E-state index in [0.717, 1.165) is 25.0 Å². The number of amides is 3. The van der Waals surface area contributed by atoms with E-state index in [-0.39, 0.29) is 42.2 Å². The third kappa shape index (κ3) is 9.57. The van der Waals surface area contributed by atoms with Crippen LogP contribution >= 0.6 is 10.8 Å². The van der Waals surface area contributed by atoms with Gasteiger partial charge in [-0.1, -0.05) is 43.2 Å². The zero-order chi connectivity index (χ0) is 26.7. The predicted molar refractivity (Wildman–Crippen MR) is 142 cm³/mol. The Labute approximate surface area is 218 Å². The minimum absolute atomic E-state index is 0.0571. The molecule has 0 bridgehead atoms. The fraction of sp³-hybridized carbons (Fsp3) is 0.600. The molecule has 0 spiro atoms. The number of nitrogens with one attached hydrogen (secondary N) is 3. The van der Waals surface area contributed by atoms with Gasteiger partial charge >= 0.3 is 0 Å². The lowest BCUT2D eigenvalue weighted by Crippen LogP contribution is -2.56. The van der Waals surface area contributed by atoms with Crippen molar-refractivity contribution in [2.75, 3.05) is 12.3 Å². The highest BCUT2D eigenvalue weighted by molar-refractivity contribution is 8.69. The van der Waals surface area contributed by atoms with Crippen molar-refractivity contribution in [1.82, 2.24) is 16.0 Å². The molecule has 1 aliphatic heterocycles. The van der Waals surface area contributed by atoms with Crippen LogP contribution in [0.15, 0.2) is 24.3 Å². The number of rotatable bonds is 14. The molecule has 1 aromatic rings. The van der Waals surface area contributed by atoms with Gasteiger partial charge in [-0.15, -0.1) is 0 Å². The van der Waals surface area contributed by atoms with Gasteiger partial charge in [0, 0.05) is 30.4 Å². The van der Waals surface area contributed by atoms with Crippen molar-refractivity contribution in [3.8, 4) is 5.75 Å². The number of hydrogen-bond donors (Lipinski definition) is 4. The van der Waals surface area contributed by atoms with E-state index in [0.29, 0.717) is 12.0 Å². The summed E-state index contributed by atoms with van der Waals surface area (Å²) in [5.41, 5.74) is 0.655. The van der Waals surface area contributed by atoms with E-state index < -0.39 is 39.5 Å². The number of likely N-dealkylation sites (N-methyl/N-ethyl adjacent to an activating group) is 1. The molecule has 200 valence electrons. The Morgan fingerprint density at radius 2 is 1.81 bits per heavy atom. The number of Topliss-reactive ketones (excluding diaryl/α,β-unsaturated/α-hetero) is 1. The second-order valence-electron chi connectivity index (χ2n) is 9.18. The van der Waals surface area contributed by atoms with E-state index in [9.17, 15) is 28.5 Å². The number of phenols is 1. The minimum Gasteiger partial charge on any atom is -0.508 e. The maximum atomic E-state index is 13.1. The van der Waals surface area contributed by atoms with E-state index in [1.165, 1.54) is 22.9 Å². The molecule has 9 nitrogen and oxygen atoms in total. The van der Waals surface area contributed by atoms with Crippen LogP contribution < -0.4 is 16.0 Å². The van der Waals surface area contributed by atoms with E-state index in [4.69, 9.17) is 0 Å². The van der Waals surface area contributed by atoms with Gasteiger partial charge in [-0.3, -0.25) is 19.2 Å². The number of benzene rings is 1. The van der Waals surface area contributed by atoms with Crippen LogP contribution in [-0.2, 0) is 35.4 Å². The van der Waals surface area contributed by atoms with Gasteiger partial charge in [-0.05, 0) is 49.8 Å². The first kappa shape index (κ1) is 29.8. The second-order valence-corrected chi connectivity index (χ2v) is 12.7. The number of hydrogen-bond acceptors (Lipinski definition) is 7. The largest absolute Gasteiger partial charge is 0.508 e. The van der Waals surface area contributed by atoms with Crippen LogP contribution in [0.5, 0.6) is 5.75 Å². The van der Waals surface area contributed by atoms with E-state index in [2.05, 4.69) is 16.0 Å². The topological polar surface area (TPSA) is 142 Å². The van der Waals surface area contributed by atoms with Gasteiger partial charge in [0.05, 0.1) is 9.83 Å². The normalized spacial score (nSPS) is 18.9. The molecule has 1 saturated heterocycles. The van der Waals surface area contributed by atoms with Gasteiger partial charge in [0.1, 0.15) is 17.8 Å². The average Bonchev–Trinajstić information content (AvgIpc) is 3.25. The molecular weight excluding hydrogens is 502 g/mol. The summed E-state index contributed by atoms with van der Waals surface area (Å²) in [6, 6.07) is 4.15. The Hall–Kier alpha value is -2.40. The zero-order valence-electron chi connectivity index (χ0n) is 21.1. The third-order valence-electron chi connectivity index (χ3n) is 5.93. The molecule has 1 aromatic carbocycles. The molecule has 2 rings (SSSR count). The van der Waals surface area contributed by atoms with Crippen LogP contribution in [0.2, 0.25) is 0 Å². The fourth-order valence-electron chi connectivity index (χ4n) is 3.88. The molecule has 0 saturated carbocycles. The zero-order valence-corrected chi connectivity index (χ0v) is 22.7. The lowest BCUT2D eigenvalue weighted by atomic mass is 9.98. The van der Waals surface area contributed by atoms with Crippen LogP contribution in [0.4, 0.5) is 0 Å². The summed E-state index contributed by atoms with van der Waals surface area (Å²) < 4.78 is 11.8. The summed E-state index contributed by atoms with van der Waals surface area (Å²) in [4.78, 5) is 50.6.